The van der Waals surface area contributed by atoms with Gasteiger partial charge in [0.15, 0.2) is 0 Å². The molecule has 2 nitrogen and oxygen atoms in total. The molecule has 0 radical (unpaired) electrons. The summed E-state index contributed by atoms with van der Waals surface area (Å²) in [5.41, 5.74) is -0.00992. The Morgan fingerprint density at radius 3 is 2.59 bits per heavy atom. The Morgan fingerprint density at radius 1 is 1.05 bits per heavy atom. The van der Waals surface area contributed by atoms with E-state index < -0.39 is 0 Å². The molecule has 7 atom stereocenters. The number of amides is 1. The lowest BCUT2D eigenvalue weighted by molar-refractivity contribution is -0.140. The van der Waals surface area contributed by atoms with Crippen LogP contribution in [0.1, 0.15) is 51.4 Å². The molecule has 0 aromatic rings. The van der Waals surface area contributed by atoms with Crippen molar-refractivity contribution in [3.63, 3.8) is 0 Å². The first-order valence-electron chi connectivity index (χ1n) is 9.67. The minimum absolute atomic E-state index is 0.00992. The Balaban J connectivity index is 1.50. The Bertz CT molecular complexity index is 520. The highest BCUT2D eigenvalue weighted by molar-refractivity contribution is 5.85. The number of rotatable bonds is 2. The van der Waals surface area contributed by atoms with Gasteiger partial charge in [0, 0.05) is 7.05 Å². The van der Waals surface area contributed by atoms with Gasteiger partial charge in [0.25, 0.3) is 0 Å². The predicted octanol–water partition coefficient (Wildman–Crippen LogP) is 3.78. The smallest absolute Gasteiger partial charge is 0.227 e. The van der Waals surface area contributed by atoms with Crippen molar-refractivity contribution in [2.24, 2.45) is 46.8 Å². The molecule has 5 aliphatic rings. The van der Waals surface area contributed by atoms with E-state index in [2.05, 4.69) is 17.5 Å². The average molecular weight is 299 g/mol. The van der Waals surface area contributed by atoms with Crippen LogP contribution in [-0.2, 0) is 4.79 Å². The summed E-state index contributed by atoms with van der Waals surface area (Å²) in [5.74, 6) is 5.76. The summed E-state index contributed by atoms with van der Waals surface area (Å²) in [4.78, 5) is 12.9. The molecule has 5 rings (SSSR count). The lowest BCUT2D eigenvalue weighted by atomic mass is 9.56. The Morgan fingerprint density at radius 2 is 1.82 bits per heavy atom. The molecule has 4 fully saturated rings. The molecule has 0 saturated heterocycles. The second kappa shape index (κ2) is 4.61. The molecule has 22 heavy (non-hydrogen) atoms. The van der Waals surface area contributed by atoms with Gasteiger partial charge in [0.1, 0.15) is 0 Å². The van der Waals surface area contributed by atoms with E-state index in [1.165, 1.54) is 51.4 Å². The lowest BCUT2D eigenvalue weighted by Gasteiger charge is -2.48. The highest BCUT2D eigenvalue weighted by Gasteiger charge is 2.73. The van der Waals surface area contributed by atoms with Crippen LogP contribution in [0, 0.1) is 46.8 Å². The van der Waals surface area contributed by atoms with Crippen molar-refractivity contribution in [1.29, 1.82) is 0 Å². The number of allylic oxidation sites excluding steroid dienone is 2. The molecule has 0 spiro atoms. The minimum atomic E-state index is -0.00992. The van der Waals surface area contributed by atoms with Gasteiger partial charge in [0.2, 0.25) is 5.91 Å². The molecule has 0 aromatic heterocycles. The molecule has 4 saturated carbocycles. The first kappa shape index (κ1) is 13.6. The van der Waals surface area contributed by atoms with Crippen LogP contribution in [0.4, 0.5) is 0 Å². The standard InChI is InChI=1S/C20H29NO/c1-21-19(22)20-14-8-7-13(9-14)18(20)17-11-15(20)10-16(17)12-5-3-2-4-6-12/h7-8,12-18H,2-6,9-11H2,1H3,(H,21,22). The topological polar surface area (TPSA) is 29.1 Å². The molecule has 1 amide bonds. The largest absolute Gasteiger partial charge is 0.359 e. The van der Waals surface area contributed by atoms with E-state index in [1.54, 1.807) is 0 Å². The van der Waals surface area contributed by atoms with Crippen LogP contribution in [0.5, 0.6) is 0 Å². The zero-order valence-corrected chi connectivity index (χ0v) is 13.8. The zero-order chi connectivity index (χ0) is 14.9. The number of hydrogen-bond donors (Lipinski definition) is 1. The van der Waals surface area contributed by atoms with Crippen LogP contribution in [0.25, 0.3) is 0 Å². The number of nitrogens with one attached hydrogen (secondary N) is 1. The van der Waals surface area contributed by atoms with Gasteiger partial charge in [-0.15, -0.1) is 0 Å². The van der Waals surface area contributed by atoms with E-state index in [9.17, 15) is 4.79 Å². The highest BCUT2D eigenvalue weighted by atomic mass is 16.2. The van der Waals surface area contributed by atoms with Crippen LogP contribution >= 0.6 is 0 Å². The molecular formula is C20H29NO. The molecular weight excluding hydrogens is 270 g/mol. The summed E-state index contributed by atoms with van der Waals surface area (Å²) in [5, 5.41) is 3.06. The third-order valence-corrected chi connectivity index (χ3v) is 8.42. The van der Waals surface area contributed by atoms with Crippen molar-refractivity contribution in [2.75, 3.05) is 7.05 Å². The van der Waals surface area contributed by atoms with Gasteiger partial charge in [-0.3, -0.25) is 4.79 Å². The van der Waals surface area contributed by atoms with Crippen LogP contribution in [-0.4, -0.2) is 13.0 Å². The SMILES string of the molecule is CNC(=O)C12C3C=CC(C3)C1C1CC2CC1C1CCCCC1. The molecule has 0 aliphatic heterocycles. The molecule has 4 bridgehead atoms. The Hall–Kier alpha value is -0.790. The van der Waals surface area contributed by atoms with Crippen molar-refractivity contribution in [3.8, 4) is 0 Å². The van der Waals surface area contributed by atoms with Gasteiger partial charge in [-0.1, -0.05) is 44.3 Å². The molecule has 1 N–H and O–H groups in total. The summed E-state index contributed by atoms with van der Waals surface area (Å²) in [6, 6.07) is 0. The monoisotopic (exact) mass is 299 g/mol. The van der Waals surface area contributed by atoms with E-state index in [0.717, 1.165) is 17.8 Å². The molecule has 0 heterocycles. The summed E-state index contributed by atoms with van der Waals surface area (Å²) in [6.07, 6.45) is 16.1. The second-order valence-corrected chi connectivity index (χ2v) is 8.82. The summed E-state index contributed by atoms with van der Waals surface area (Å²) in [7, 11) is 1.86. The first-order chi connectivity index (χ1) is 10.8. The predicted molar refractivity (Wildman–Crippen MR) is 87.0 cm³/mol. The zero-order valence-electron chi connectivity index (χ0n) is 13.8. The summed E-state index contributed by atoms with van der Waals surface area (Å²) >= 11 is 0. The van der Waals surface area contributed by atoms with E-state index in [4.69, 9.17) is 0 Å². The number of carbonyl (C=O) groups excluding carboxylic acids is 1. The third-order valence-electron chi connectivity index (χ3n) is 8.42. The van der Waals surface area contributed by atoms with Gasteiger partial charge < -0.3 is 5.32 Å². The second-order valence-electron chi connectivity index (χ2n) is 8.82. The van der Waals surface area contributed by atoms with Gasteiger partial charge in [0.05, 0.1) is 5.41 Å². The highest BCUT2D eigenvalue weighted by Crippen LogP contribution is 2.74. The molecule has 7 unspecified atom stereocenters. The van der Waals surface area contributed by atoms with Gasteiger partial charge in [-0.05, 0) is 60.7 Å². The van der Waals surface area contributed by atoms with Crippen molar-refractivity contribution < 1.29 is 4.79 Å². The van der Waals surface area contributed by atoms with Crippen molar-refractivity contribution >= 4 is 5.91 Å². The fourth-order valence-electron chi connectivity index (χ4n) is 7.93. The number of carbonyl (C=O) groups is 1. The average Bonchev–Trinajstić information content (AvgIpc) is 3.31. The Kier molecular flexibility index (Phi) is 2.86. The van der Waals surface area contributed by atoms with E-state index in [1.807, 2.05) is 7.05 Å². The Labute approximate surface area is 134 Å². The lowest BCUT2D eigenvalue weighted by Crippen LogP contribution is -2.52. The maximum atomic E-state index is 12.9. The molecule has 0 aromatic carbocycles. The number of hydrogen-bond acceptors (Lipinski definition) is 1. The minimum Gasteiger partial charge on any atom is -0.359 e. The third kappa shape index (κ3) is 1.45. The van der Waals surface area contributed by atoms with E-state index in [-0.39, 0.29) is 5.41 Å². The first-order valence-corrected chi connectivity index (χ1v) is 9.67. The maximum absolute atomic E-state index is 12.9. The van der Waals surface area contributed by atoms with Crippen molar-refractivity contribution in [3.05, 3.63) is 12.2 Å². The van der Waals surface area contributed by atoms with Crippen LogP contribution in [0.3, 0.4) is 0 Å². The van der Waals surface area contributed by atoms with Crippen LogP contribution in [0.15, 0.2) is 12.2 Å². The fraction of sp³-hybridized carbons (Fsp3) is 0.850. The van der Waals surface area contributed by atoms with Crippen LogP contribution in [0.2, 0.25) is 0 Å². The van der Waals surface area contributed by atoms with Crippen LogP contribution < -0.4 is 5.32 Å². The molecule has 2 heteroatoms. The van der Waals surface area contributed by atoms with Gasteiger partial charge >= 0.3 is 0 Å². The van der Waals surface area contributed by atoms with Crippen molar-refractivity contribution in [1.82, 2.24) is 5.32 Å². The summed E-state index contributed by atoms with van der Waals surface area (Å²) < 4.78 is 0. The van der Waals surface area contributed by atoms with Gasteiger partial charge in [-0.25, -0.2) is 0 Å². The fourth-order valence-corrected chi connectivity index (χ4v) is 7.93. The molecule has 120 valence electrons. The maximum Gasteiger partial charge on any atom is 0.227 e. The summed E-state index contributed by atoms with van der Waals surface area (Å²) in [6.45, 7) is 0. The van der Waals surface area contributed by atoms with Gasteiger partial charge in [-0.2, -0.15) is 0 Å². The normalized spacial score (nSPS) is 52.2. The quantitative estimate of drug-likeness (QED) is 0.610. The number of fused-ring (bicyclic) bond motifs is 9. The molecule has 5 aliphatic carbocycles. The van der Waals surface area contributed by atoms with E-state index in [0.29, 0.717) is 29.6 Å². The van der Waals surface area contributed by atoms with Crippen molar-refractivity contribution in [2.45, 2.75) is 51.4 Å². The van der Waals surface area contributed by atoms with E-state index >= 15 is 0 Å².